The molecule has 0 saturated carbocycles. The SMILES string of the molecule is CC(NC(=O)C(CCC(=O)O)NC(=O)C(N)Cc1ccc(O)cc1)C(=O)NC(CC(=O)O)C(=O)O. The number of benzene rings is 1. The van der Waals surface area contributed by atoms with Crippen molar-refractivity contribution in [2.45, 2.75) is 56.8 Å². The molecular formula is C21H28N4O10. The molecule has 0 aliphatic heterocycles. The highest BCUT2D eigenvalue weighted by atomic mass is 16.4. The van der Waals surface area contributed by atoms with E-state index in [1.54, 1.807) is 12.1 Å². The van der Waals surface area contributed by atoms with Gasteiger partial charge in [0.2, 0.25) is 17.7 Å². The van der Waals surface area contributed by atoms with Crippen LogP contribution in [-0.4, -0.2) is 80.2 Å². The van der Waals surface area contributed by atoms with Crippen LogP contribution in [-0.2, 0) is 35.2 Å². The van der Waals surface area contributed by atoms with Gasteiger partial charge in [-0.1, -0.05) is 12.1 Å². The summed E-state index contributed by atoms with van der Waals surface area (Å²) in [6.45, 7) is 1.19. The summed E-state index contributed by atoms with van der Waals surface area (Å²) in [5, 5.41) is 42.6. The number of amides is 3. The minimum atomic E-state index is -1.74. The van der Waals surface area contributed by atoms with Crippen LogP contribution in [0.15, 0.2) is 24.3 Å². The van der Waals surface area contributed by atoms with Crippen LogP contribution in [0.3, 0.4) is 0 Å². The van der Waals surface area contributed by atoms with Crippen LogP contribution >= 0.6 is 0 Å². The van der Waals surface area contributed by atoms with Gasteiger partial charge in [0, 0.05) is 6.42 Å². The minimum Gasteiger partial charge on any atom is -0.508 e. The van der Waals surface area contributed by atoms with E-state index < -0.39 is 72.6 Å². The van der Waals surface area contributed by atoms with E-state index in [-0.39, 0.29) is 18.6 Å². The lowest BCUT2D eigenvalue weighted by molar-refractivity contribution is -0.147. The van der Waals surface area contributed by atoms with E-state index in [0.29, 0.717) is 5.56 Å². The van der Waals surface area contributed by atoms with Crippen molar-refractivity contribution in [3.8, 4) is 5.75 Å². The van der Waals surface area contributed by atoms with Crippen molar-refractivity contribution in [1.29, 1.82) is 0 Å². The van der Waals surface area contributed by atoms with Crippen molar-refractivity contribution >= 4 is 35.6 Å². The highest BCUT2D eigenvalue weighted by Crippen LogP contribution is 2.11. The molecule has 0 fully saturated rings. The van der Waals surface area contributed by atoms with E-state index >= 15 is 0 Å². The van der Waals surface area contributed by atoms with Crippen molar-refractivity contribution in [1.82, 2.24) is 16.0 Å². The molecule has 3 amide bonds. The zero-order valence-electron chi connectivity index (χ0n) is 18.8. The van der Waals surface area contributed by atoms with Crippen LogP contribution in [0.2, 0.25) is 0 Å². The largest absolute Gasteiger partial charge is 0.508 e. The van der Waals surface area contributed by atoms with Gasteiger partial charge in [0.25, 0.3) is 0 Å². The van der Waals surface area contributed by atoms with Crippen molar-refractivity contribution in [3.05, 3.63) is 29.8 Å². The van der Waals surface area contributed by atoms with Crippen molar-refractivity contribution in [2.24, 2.45) is 5.73 Å². The van der Waals surface area contributed by atoms with Gasteiger partial charge in [-0.2, -0.15) is 0 Å². The predicted molar refractivity (Wildman–Crippen MR) is 118 cm³/mol. The van der Waals surface area contributed by atoms with Crippen LogP contribution in [0.5, 0.6) is 5.75 Å². The molecular weight excluding hydrogens is 468 g/mol. The van der Waals surface area contributed by atoms with Gasteiger partial charge in [0.15, 0.2) is 0 Å². The van der Waals surface area contributed by atoms with Crippen LogP contribution in [0.25, 0.3) is 0 Å². The number of aliphatic carboxylic acids is 3. The summed E-state index contributed by atoms with van der Waals surface area (Å²) in [5.41, 5.74) is 6.50. The summed E-state index contributed by atoms with van der Waals surface area (Å²) in [6.07, 6.45) is -1.66. The summed E-state index contributed by atoms with van der Waals surface area (Å²) in [7, 11) is 0. The third kappa shape index (κ3) is 10.5. The fraction of sp³-hybridized carbons (Fsp3) is 0.429. The molecule has 1 rings (SSSR count). The molecule has 0 bridgehead atoms. The van der Waals surface area contributed by atoms with E-state index in [9.17, 15) is 33.9 Å². The molecule has 1 aromatic rings. The van der Waals surface area contributed by atoms with Gasteiger partial charge < -0.3 is 42.1 Å². The molecule has 14 heteroatoms. The normalized spacial score (nSPS) is 14.0. The van der Waals surface area contributed by atoms with Crippen molar-refractivity contribution < 1.29 is 49.2 Å². The zero-order valence-corrected chi connectivity index (χ0v) is 18.8. The summed E-state index contributed by atoms with van der Waals surface area (Å²) in [6, 6.07) is 0.328. The Morgan fingerprint density at radius 1 is 0.829 bits per heavy atom. The Labute approximate surface area is 199 Å². The predicted octanol–water partition coefficient (Wildman–Crippen LogP) is -1.84. The van der Waals surface area contributed by atoms with Crippen LogP contribution in [0.4, 0.5) is 0 Å². The number of aromatic hydroxyl groups is 1. The van der Waals surface area contributed by atoms with Crippen LogP contribution in [0, 0.1) is 0 Å². The fourth-order valence-electron chi connectivity index (χ4n) is 2.84. The summed E-state index contributed by atoms with van der Waals surface area (Å²) in [4.78, 5) is 70.2. The first-order chi connectivity index (χ1) is 16.3. The minimum absolute atomic E-state index is 0.0213. The Bertz CT molecular complexity index is 950. The molecule has 0 aliphatic rings. The number of carbonyl (C=O) groups is 6. The van der Waals surface area contributed by atoms with E-state index in [0.717, 1.165) is 0 Å². The van der Waals surface area contributed by atoms with Crippen LogP contribution in [0.1, 0.15) is 31.7 Å². The number of phenolic OH excluding ortho intramolecular Hbond substituents is 1. The highest BCUT2D eigenvalue weighted by molar-refractivity contribution is 5.94. The lowest BCUT2D eigenvalue weighted by atomic mass is 10.0. The molecule has 35 heavy (non-hydrogen) atoms. The maximum Gasteiger partial charge on any atom is 0.326 e. The quantitative estimate of drug-likeness (QED) is 0.142. The third-order valence-electron chi connectivity index (χ3n) is 4.75. The Kier molecular flexibility index (Phi) is 11.1. The van der Waals surface area contributed by atoms with Gasteiger partial charge in [-0.15, -0.1) is 0 Å². The Hall–Kier alpha value is -4.20. The summed E-state index contributed by atoms with van der Waals surface area (Å²) in [5.74, 6) is -6.97. The third-order valence-corrected chi connectivity index (χ3v) is 4.75. The number of hydrogen-bond acceptors (Lipinski definition) is 8. The van der Waals surface area contributed by atoms with Gasteiger partial charge in [0.05, 0.1) is 12.5 Å². The standard InChI is InChI=1S/C21H28N4O10/c1-10(18(31)25-15(21(34)35)9-17(29)30)23-20(33)14(6-7-16(27)28)24-19(32)13(22)8-11-2-4-12(26)5-3-11/h2-5,10,13-15,26H,6-9,22H2,1H3,(H,23,33)(H,24,32)(H,25,31)(H,27,28)(H,29,30)(H,34,35). The molecule has 14 nitrogen and oxygen atoms in total. The second-order valence-corrected chi connectivity index (χ2v) is 7.70. The molecule has 0 radical (unpaired) electrons. The topological polar surface area (TPSA) is 245 Å². The average molecular weight is 496 g/mol. The van der Waals surface area contributed by atoms with Gasteiger partial charge in [-0.25, -0.2) is 4.79 Å². The molecule has 0 heterocycles. The molecule has 0 aliphatic carbocycles. The molecule has 0 saturated heterocycles. The Morgan fingerprint density at radius 3 is 1.91 bits per heavy atom. The number of carboxylic acid groups (broad SMARTS) is 3. The van der Waals surface area contributed by atoms with Gasteiger partial charge in [0.1, 0.15) is 23.9 Å². The van der Waals surface area contributed by atoms with Crippen LogP contribution < -0.4 is 21.7 Å². The lowest BCUT2D eigenvalue weighted by Crippen LogP contribution is -2.56. The van der Waals surface area contributed by atoms with E-state index in [1.807, 2.05) is 5.32 Å². The average Bonchev–Trinajstić information content (AvgIpc) is 2.76. The van der Waals surface area contributed by atoms with Crippen molar-refractivity contribution in [3.63, 3.8) is 0 Å². The molecule has 4 unspecified atom stereocenters. The first-order valence-corrected chi connectivity index (χ1v) is 10.4. The van der Waals surface area contributed by atoms with E-state index in [2.05, 4.69) is 10.6 Å². The van der Waals surface area contributed by atoms with Gasteiger partial charge in [-0.3, -0.25) is 24.0 Å². The number of hydrogen-bond donors (Lipinski definition) is 8. The zero-order chi connectivity index (χ0) is 26.7. The highest BCUT2D eigenvalue weighted by Gasteiger charge is 2.29. The number of nitrogens with two attached hydrogens (primary N) is 1. The second kappa shape index (κ2) is 13.5. The number of phenols is 1. The van der Waals surface area contributed by atoms with Crippen molar-refractivity contribution in [2.75, 3.05) is 0 Å². The first kappa shape index (κ1) is 28.8. The molecule has 4 atom stereocenters. The van der Waals surface area contributed by atoms with Gasteiger partial charge in [-0.05, 0) is 37.5 Å². The molecule has 0 spiro atoms. The number of rotatable bonds is 14. The molecule has 1 aromatic carbocycles. The Balaban J connectivity index is 2.82. The first-order valence-electron chi connectivity index (χ1n) is 10.4. The summed E-state index contributed by atoms with van der Waals surface area (Å²) >= 11 is 0. The fourth-order valence-corrected chi connectivity index (χ4v) is 2.84. The number of carbonyl (C=O) groups excluding carboxylic acids is 3. The smallest absolute Gasteiger partial charge is 0.326 e. The Morgan fingerprint density at radius 2 is 1.40 bits per heavy atom. The maximum atomic E-state index is 12.6. The molecule has 9 N–H and O–H groups in total. The van der Waals surface area contributed by atoms with E-state index in [4.69, 9.17) is 21.1 Å². The van der Waals surface area contributed by atoms with Gasteiger partial charge >= 0.3 is 17.9 Å². The maximum absolute atomic E-state index is 12.6. The lowest BCUT2D eigenvalue weighted by Gasteiger charge is -2.23. The molecule has 0 aromatic heterocycles. The summed E-state index contributed by atoms with van der Waals surface area (Å²) < 4.78 is 0. The monoisotopic (exact) mass is 496 g/mol. The second-order valence-electron chi connectivity index (χ2n) is 7.70. The molecule has 192 valence electrons. The number of nitrogens with one attached hydrogen (secondary N) is 3. The number of carboxylic acids is 3. The van der Waals surface area contributed by atoms with E-state index in [1.165, 1.54) is 19.1 Å².